The van der Waals surface area contributed by atoms with Crippen molar-refractivity contribution in [3.8, 4) is 0 Å². The average molecular weight is 318 g/mol. The van der Waals surface area contributed by atoms with Crippen molar-refractivity contribution < 1.29 is 5.11 Å². The molecule has 2 N–H and O–H groups in total. The second kappa shape index (κ2) is 6.75. The van der Waals surface area contributed by atoms with Gasteiger partial charge in [0, 0.05) is 23.4 Å². The molecule has 24 heavy (non-hydrogen) atoms. The number of hydrogen-bond donors (Lipinski definition) is 2. The molecule has 1 heterocycles. The van der Waals surface area contributed by atoms with Gasteiger partial charge in [0.05, 0.1) is 6.33 Å². The number of nitrogens with one attached hydrogen (secondary N) is 1. The van der Waals surface area contributed by atoms with Crippen LogP contribution in [0.25, 0.3) is 5.76 Å². The van der Waals surface area contributed by atoms with E-state index >= 15 is 0 Å². The molecule has 3 aromatic rings. The molecule has 3 nitrogen and oxygen atoms in total. The molecule has 0 amide bonds. The predicted molar refractivity (Wildman–Crippen MR) is 98.2 cm³/mol. The molecule has 2 aromatic carbocycles. The van der Waals surface area contributed by atoms with Gasteiger partial charge >= 0.3 is 0 Å². The van der Waals surface area contributed by atoms with Crippen LogP contribution in [0, 0.1) is 13.8 Å². The maximum Gasteiger partial charge on any atom is 0.115 e. The van der Waals surface area contributed by atoms with E-state index in [1.54, 1.807) is 6.33 Å². The Labute approximate surface area is 142 Å². The van der Waals surface area contributed by atoms with Crippen LogP contribution in [-0.4, -0.2) is 15.1 Å². The second-order valence-electron chi connectivity index (χ2n) is 6.20. The van der Waals surface area contributed by atoms with E-state index < -0.39 is 0 Å². The van der Waals surface area contributed by atoms with E-state index in [2.05, 4.69) is 48.6 Å². The lowest BCUT2D eigenvalue weighted by atomic mass is 9.85. The summed E-state index contributed by atoms with van der Waals surface area (Å²) < 4.78 is 0. The zero-order valence-corrected chi connectivity index (χ0v) is 14.1. The maximum atomic E-state index is 9.48. The van der Waals surface area contributed by atoms with Crippen molar-refractivity contribution in [1.82, 2.24) is 9.97 Å². The van der Waals surface area contributed by atoms with Gasteiger partial charge in [-0.1, -0.05) is 49.0 Å². The molecule has 1 atom stereocenters. The van der Waals surface area contributed by atoms with E-state index in [4.69, 9.17) is 0 Å². The number of aliphatic hydroxyl groups is 1. The van der Waals surface area contributed by atoms with E-state index in [9.17, 15) is 5.11 Å². The minimum Gasteiger partial charge on any atom is -0.508 e. The fraction of sp³-hybridized carbons (Fsp3) is 0.190. The number of hydrogen-bond acceptors (Lipinski definition) is 2. The highest BCUT2D eigenvalue weighted by Gasteiger charge is 2.19. The third-order valence-corrected chi connectivity index (χ3v) is 4.64. The molecule has 3 rings (SSSR count). The van der Waals surface area contributed by atoms with Gasteiger partial charge in [0.15, 0.2) is 0 Å². The second-order valence-corrected chi connectivity index (χ2v) is 6.20. The van der Waals surface area contributed by atoms with Gasteiger partial charge in [-0.25, -0.2) is 4.98 Å². The summed E-state index contributed by atoms with van der Waals surface area (Å²) >= 11 is 0. The first-order valence-electron chi connectivity index (χ1n) is 8.08. The fourth-order valence-corrected chi connectivity index (χ4v) is 3.06. The predicted octanol–water partition coefficient (Wildman–Crippen LogP) is 4.93. The third-order valence-electron chi connectivity index (χ3n) is 4.64. The summed E-state index contributed by atoms with van der Waals surface area (Å²) in [5.74, 6) is 0.316. The third kappa shape index (κ3) is 3.25. The highest BCUT2D eigenvalue weighted by atomic mass is 16.3. The van der Waals surface area contributed by atoms with Gasteiger partial charge in [-0.2, -0.15) is 0 Å². The number of aromatic amines is 1. The summed E-state index contributed by atoms with van der Waals surface area (Å²) in [4.78, 5) is 7.47. The number of aliphatic hydroxyl groups excluding tert-OH is 1. The van der Waals surface area contributed by atoms with Crippen molar-refractivity contribution in [2.75, 3.05) is 0 Å². The van der Waals surface area contributed by atoms with Gasteiger partial charge in [0.25, 0.3) is 0 Å². The van der Waals surface area contributed by atoms with Gasteiger partial charge in [-0.3, -0.25) is 0 Å². The lowest BCUT2D eigenvalue weighted by molar-refractivity contribution is 0.514. The van der Waals surface area contributed by atoms with Crippen LogP contribution in [0.5, 0.6) is 0 Å². The zero-order chi connectivity index (χ0) is 17.1. The quantitative estimate of drug-likeness (QED) is 0.655. The number of nitrogens with zero attached hydrogens (tertiary/aromatic N) is 1. The molecule has 122 valence electrons. The first-order chi connectivity index (χ1) is 11.6. The minimum absolute atomic E-state index is 0.0983. The maximum absolute atomic E-state index is 9.48. The Balaban J connectivity index is 1.97. The summed E-state index contributed by atoms with van der Waals surface area (Å²) in [5.41, 5.74) is 7.00. The van der Waals surface area contributed by atoms with Gasteiger partial charge in [0.2, 0.25) is 0 Å². The molecule has 1 aromatic heterocycles. The number of H-pyrrole nitrogens is 1. The Morgan fingerprint density at radius 3 is 2.54 bits per heavy atom. The zero-order valence-electron chi connectivity index (χ0n) is 14.1. The summed E-state index contributed by atoms with van der Waals surface area (Å²) in [5, 5.41) is 9.48. The standard InChI is InChI=1S/C21H22N2O/c1-14-5-4-6-19(15(14)2)20(21-12-22-13-23-21)11-17-7-9-18(10-8-17)16(3)24/h4-10,12-13,20,24H,3,11H2,1-2H3,(H,22,23). The first kappa shape index (κ1) is 16.1. The topological polar surface area (TPSA) is 48.9 Å². The molecule has 0 spiro atoms. The van der Waals surface area contributed by atoms with Gasteiger partial charge in [0.1, 0.15) is 5.76 Å². The average Bonchev–Trinajstić information content (AvgIpc) is 3.10. The SMILES string of the molecule is C=C(O)c1ccc(CC(c2cnc[nH]2)c2cccc(C)c2C)cc1. The smallest absolute Gasteiger partial charge is 0.115 e. The molecular formula is C21H22N2O. The van der Waals surface area contributed by atoms with Crippen molar-refractivity contribution in [3.05, 3.63) is 95.1 Å². The molecule has 0 fully saturated rings. The number of rotatable bonds is 5. The molecule has 0 radical (unpaired) electrons. The van der Waals surface area contributed by atoms with Crippen LogP contribution in [0.15, 0.2) is 61.6 Å². The monoisotopic (exact) mass is 318 g/mol. The van der Waals surface area contributed by atoms with Crippen LogP contribution >= 0.6 is 0 Å². The molecule has 0 saturated heterocycles. The van der Waals surface area contributed by atoms with Crippen molar-refractivity contribution >= 4 is 5.76 Å². The van der Waals surface area contributed by atoms with Crippen LogP contribution in [0.2, 0.25) is 0 Å². The summed E-state index contributed by atoms with van der Waals surface area (Å²) in [6.07, 6.45) is 4.49. The van der Waals surface area contributed by atoms with Crippen molar-refractivity contribution in [2.45, 2.75) is 26.2 Å². The highest BCUT2D eigenvalue weighted by molar-refractivity contribution is 5.56. The van der Waals surface area contributed by atoms with Gasteiger partial charge in [-0.15, -0.1) is 0 Å². The minimum atomic E-state index is 0.0983. The van der Waals surface area contributed by atoms with Crippen LogP contribution in [0.3, 0.4) is 0 Å². The Morgan fingerprint density at radius 1 is 1.17 bits per heavy atom. The number of benzene rings is 2. The summed E-state index contributed by atoms with van der Waals surface area (Å²) in [6.45, 7) is 7.88. The molecule has 0 aliphatic rings. The molecule has 1 unspecified atom stereocenters. The Hall–Kier alpha value is -2.81. The van der Waals surface area contributed by atoms with E-state index in [0.29, 0.717) is 0 Å². The van der Waals surface area contributed by atoms with Crippen LogP contribution in [0.4, 0.5) is 0 Å². The van der Waals surface area contributed by atoms with Crippen molar-refractivity contribution in [1.29, 1.82) is 0 Å². The lowest BCUT2D eigenvalue weighted by Crippen LogP contribution is -2.08. The lowest BCUT2D eigenvalue weighted by Gasteiger charge is -2.20. The van der Waals surface area contributed by atoms with Gasteiger partial charge in [-0.05, 0) is 42.5 Å². The Bertz CT molecular complexity index is 833. The number of aryl methyl sites for hydroxylation is 1. The summed E-state index contributed by atoms with van der Waals surface area (Å²) in [6, 6.07) is 14.4. The normalized spacial score (nSPS) is 12.1. The number of aromatic nitrogens is 2. The van der Waals surface area contributed by atoms with E-state index in [0.717, 1.165) is 17.7 Å². The van der Waals surface area contributed by atoms with Crippen molar-refractivity contribution in [2.24, 2.45) is 0 Å². The molecule has 3 heteroatoms. The Morgan fingerprint density at radius 2 is 1.92 bits per heavy atom. The van der Waals surface area contributed by atoms with Gasteiger partial charge < -0.3 is 10.1 Å². The largest absolute Gasteiger partial charge is 0.508 e. The van der Waals surface area contributed by atoms with E-state index in [1.165, 1.54) is 22.3 Å². The molecule has 0 bridgehead atoms. The first-order valence-corrected chi connectivity index (χ1v) is 8.08. The Kier molecular flexibility index (Phi) is 4.52. The van der Waals surface area contributed by atoms with E-state index in [1.807, 2.05) is 30.5 Å². The van der Waals surface area contributed by atoms with E-state index in [-0.39, 0.29) is 11.7 Å². The molecule has 0 saturated carbocycles. The van der Waals surface area contributed by atoms with Crippen LogP contribution in [-0.2, 0) is 6.42 Å². The fourth-order valence-electron chi connectivity index (χ4n) is 3.06. The van der Waals surface area contributed by atoms with Crippen molar-refractivity contribution in [3.63, 3.8) is 0 Å². The van der Waals surface area contributed by atoms with Crippen LogP contribution < -0.4 is 0 Å². The highest BCUT2D eigenvalue weighted by Crippen LogP contribution is 2.31. The molecule has 0 aliphatic carbocycles. The molecular weight excluding hydrogens is 296 g/mol. The molecule has 0 aliphatic heterocycles. The summed E-state index contributed by atoms with van der Waals surface area (Å²) in [7, 11) is 0. The number of imidazole rings is 1. The van der Waals surface area contributed by atoms with Crippen LogP contribution in [0.1, 0.15) is 39.4 Å².